The number of nitrogens with zero attached hydrogens (tertiary/aromatic N) is 2. The molecule has 2 aromatic heterocycles. The summed E-state index contributed by atoms with van der Waals surface area (Å²) < 4.78 is 0. The third-order valence-corrected chi connectivity index (χ3v) is 4.01. The Morgan fingerprint density at radius 3 is 2.95 bits per heavy atom. The van der Waals surface area contributed by atoms with Gasteiger partial charge in [-0.15, -0.1) is 0 Å². The average molecular weight is 274 g/mol. The first-order valence-corrected chi connectivity index (χ1v) is 6.90. The zero-order valence-electron chi connectivity index (χ0n) is 10.8. The highest BCUT2D eigenvalue weighted by atomic mass is 35.5. The number of pyridine rings is 2. The number of rotatable bonds is 3. The minimum Gasteiger partial charge on any atom is -0.311 e. The Kier molecular flexibility index (Phi) is 3.49. The standard InChI is InChI=1S/C15H16ClN3/c1-17-15(13-7-5-11(16)9-19-13)12-6-4-10-3-2-8-18-14(10)12/h2-3,5,7-9,12,15,17H,4,6H2,1H3. The van der Waals surface area contributed by atoms with Gasteiger partial charge in [-0.05, 0) is 43.7 Å². The highest BCUT2D eigenvalue weighted by molar-refractivity contribution is 6.30. The lowest BCUT2D eigenvalue weighted by Crippen LogP contribution is -2.24. The number of aromatic nitrogens is 2. The van der Waals surface area contributed by atoms with Gasteiger partial charge in [0.2, 0.25) is 0 Å². The molecular formula is C15H16ClN3. The van der Waals surface area contributed by atoms with E-state index in [9.17, 15) is 0 Å². The lowest BCUT2D eigenvalue weighted by molar-refractivity contribution is 0.460. The molecule has 0 spiro atoms. The first-order chi connectivity index (χ1) is 9.29. The second-order valence-electron chi connectivity index (χ2n) is 4.86. The number of fused-ring (bicyclic) bond motifs is 1. The van der Waals surface area contributed by atoms with Crippen molar-refractivity contribution in [1.82, 2.24) is 15.3 Å². The van der Waals surface area contributed by atoms with Crippen LogP contribution in [0.2, 0.25) is 5.02 Å². The van der Waals surface area contributed by atoms with Crippen LogP contribution < -0.4 is 5.32 Å². The minimum absolute atomic E-state index is 0.188. The van der Waals surface area contributed by atoms with Crippen LogP contribution in [0.3, 0.4) is 0 Å². The molecule has 4 heteroatoms. The molecule has 3 rings (SSSR count). The fraction of sp³-hybridized carbons (Fsp3) is 0.333. The molecule has 0 bridgehead atoms. The van der Waals surface area contributed by atoms with E-state index in [0.29, 0.717) is 10.9 Å². The highest BCUT2D eigenvalue weighted by Gasteiger charge is 2.31. The van der Waals surface area contributed by atoms with Gasteiger partial charge in [-0.1, -0.05) is 17.7 Å². The van der Waals surface area contributed by atoms with Gasteiger partial charge >= 0.3 is 0 Å². The lowest BCUT2D eigenvalue weighted by atomic mass is 9.94. The smallest absolute Gasteiger partial charge is 0.0589 e. The molecule has 1 N–H and O–H groups in total. The maximum atomic E-state index is 5.91. The van der Waals surface area contributed by atoms with E-state index >= 15 is 0 Å². The zero-order valence-corrected chi connectivity index (χ0v) is 11.6. The number of likely N-dealkylation sites (N-methyl/N-ethyl adjacent to an activating group) is 1. The molecule has 19 heavy (non-hydrogen) atoms. The van der Waals surface area contributed by atoms with E-state index < -0.39 is 0 Å². The molecular weight excluding hydrogens is 258 g/mol. The SMILES string of the molecule is CNC(c1ccc(Cl)cn1)C1CCc2cccnc21. The Hall–Kier alpha value is -1.45. The van der Waals surface area contributed by atoms with Crippen molar-refractivity contribution in [2.75, 3.05) is 7.05 Å². The Labute approximate surface area is 118 Å². The Morgan fingerprint density at radius 2 is 2.21 bits per heavy atom. The van der Waals surface area contributed by atoms with Gasteiger partial charge in [0.1, 0.15) is 0 Å². The van der Waals surface area contributed by atoms with Gasteiger partial charge in [0, 0.05) is 24.0 Å². The van der Waals surface area contributed by atoms with Crippen molar-refractivity contribution >= 4 is 11.6 Å². The van der Waals surface area contributed by atoms with Gasteiger partial charge in [0.05, 0.1) is 16.8 Å². The van der Waals surface area contributed by atoms with Crippen LogP contribution in [0.15, 0.2) is 36.7 Å². The summed E-state index contributed by atoms with van der Waals surface area (Å²) in [6.45, 7) is 0. The number of nitrogens with one attached hydrogen (secondary N) is 1. The van der Waals surface area contributed by atoms with Gasteiger partial charge in [0.15, 0.2) is 0 Å². The Balaban J connectivity index is 1.94. The third kappa shape index (κ3) is 2.36. The molecule has 2 unspecified atom stereocenters. The van der Waals surface area contributed by atoms with Crippen LogP contribution in [0.5, 0.6) is 0 Å². The largest absolute Gasteiger partial charge is 0.311 e. The van der Waals surface area contributed by atoms with E-state index in [1.165, 1.54) is 11.3 Å². The summed E-state index contributed by atoms with van der Waals surface area (Å²) in [7, 11) is 1.97. The van der Waals surface area contributed by atoms with Crippen LogP contribution in [-0.4, -0.2) is 17.0 Å². The molecule has 2 aromatic rings. The zero-order chi connectivity index (χ0) is 13.2. The van der Waals surface area contributed by atoms with Crippen LogP contribution in [0.25, 0.3) is 0 Å². The summed E-state index contributed by atoms with van der Waals surface area (Å²) in [6, 6.07) is 8.25. The highest BCUT2D eigenvalue weighted by Crippen LogP contribution is 2.39. The van der Waals surface area contributed by atoms with Gasteiger partial charge in [-0.2, -0.15) is 0 Å². The summed E-state index contributed by atoms with van der Waals surface area (Å²) in [5.41, 5.74) is 3.59. The van der Waals surface area contributed by atoms with E-state index in [4.69, 9.17) is 11.6 Å². The first kappa shape index (κ1) is 12.6. The lowest BCUT2D eigenvalue weighted by Gasteiger charge is -2.22. The summed E-state index contributed by atoms with van der Waals surface area (Å²) in [5, 5.41) is 4.05. The van der Waals surface area contributed by atoms with E-state index in [2.05, 4.69) is 21.4 Å². The van der Waals surface area contributed by atoms with Crippen molar-refractivity contribution in [3.05, 3.63) is 58.6 Å². The van der Waals surface area contributed by atoms with Gasteiger partial charge in [-0.25, -0.2) is 0 Å². The molecule has 2 heterocycles. The number of halogens is 1. The molecule has 1 aliphatic carbocycles. The van der Waals surface area contributed by atoms with Crippen LogP contribution in [0, 0.1) is 0 Å². The quantitative estimate of drug-likeness (QED) is 0.934. The number of aryl methyl sites for hydroxylation is 1. The molecule has 0 aliphatic heterocycles. The molecule has 0 saturated carbocycles. The number of hydrogen-bond acceptors (Lipinski definition) is 3. The summed E-state index contributed by atoms with van der Waals surface area (Å²) in [5.74, 6) is 0.384. The maximum Gasteiger partial charge on any atom is 0.0589 e. The normalized spacial score (nSPS) is 19.2. The molecule has 0 fully saturated rings. The second-order valence-corrected chi connectivity index (χ2v) is 5.30. The molecule has 0 aromatic carbocycles. The number of hydrogen-bond donors (Lipinski definition) is 1. The predicted octanol–water partition coefficient (Wildman–Crippen LogP) is 3.12. The van der Waals surface area contributed by atoms with Crippen LogP contribution in [-0.2, 0) is 6.42 Å². The Morgan fingerprint density at radius 1 is 1.32 bits per heavy atom. The van der Waals surface area contributed by atoms with Gasteiger partial charge < -0.3 is 5.32 Å². The third-order valence-electron chi connectivity index (χ3n) is 3.78. The summed E-state index contributed by atoms with van der Waals surface area (Å²) in [6.07, 6.45) is 5.79. The molecule has 0 amide bonds. The molecule has 98 valence electrons. The molecule has 1 aliphatic rings. The van der Waals surface area contributed by atoms with Crippen molar-refractivity contribution in [1.29, 1.82) is 0 Å². The van der Waals surface area contributed by atoms with Crippen molar-refractivity contribution < 1.29 is 0 Å². The predicted molar refractivity (Wildman–Crippen MR) is 76.3 cm³/mol. The van der Waals surface area contributed by atoms with Crippen LogP contribution in [0.4, 0.5) is 0 Å². The summed E-state index contributed by atoms with van der Waals surface area (Å²) in [4.78, 5) is 9.00. The van der Waals surface area contributed by atoms with Crippen molar-refractivity contribution in [3.63, 3.8) is 0 Å². The average Bonchev–Trinajstić information content (AvgIpc) is 2.86. The van der Waals surface area contributed by atoms with Crippen LogP contribution in [0.1, 0.15) is 35.3 Å². The van der Waals surface area contributed by atoms with E-state index in [-0.39, 0.29) is 6.04 Å². The molecule has 2 atom stereocenters. The van der Waals surface area contributed by atoms with E-state index in [1.54, 1.807) is 6.20 Å². The van der Waals surface area contributed by atoms with E-state index in [1.807, 2.05) is 31.4 Å². The van der Waals surface area contributed by atoms with Crippen molar-refractivity contribution in [3.8, 4) is 0 Å². The maximum absolute atomic E-state index is 5.91. The molecule has 0 radical (unpaired) electrons. The second kappa shape index (κ2) is 5.27. The molecule has 3 nitrogen and oxygen atoms in total. The summed E-state index contributed by atoms with van der Waals surface area (Å²) >= 11 is 5.91. The molecule has 0 saturated heterocycles. The van der Waals surface area contributed by atoms with Crippen LogP contribution >= 0.6 is 11.6 Å². The van der Waals surface area contributed by atoms with Crippen molar-refractivity contribution in [2.24, 2.45) is 0 Å². The Bertz CT molecular complexity index is 568. The monoisotopic (exact) mass is 273 g/mol. The van der Waals surface area contributed by atoms with Crippen molar-refractivity contribution in [2.45, 2.75) is 24.8 Å². The van der Waals surface area contributed by atoms with Gasteiger partial charge in [0.25, 0.3) is 0 Å². The fourth-order valence-electron chi connectivity index (χ4n) is 2.89. The van der Waals surface area contributed by atoms with Gasteiger partial charge in [-0.3, -0.25) is 9.97 Å². The minimum atomic E-state index is 0.188. The topological polar surface area (TPSA) is 37.8 Å². The fourth-order valence-corrected chi connectivity index (χ4v) is 3.01. The first-order valence-electron chi connectivity index (χ1n) is 6.52. The van der Waals surface area contributed by atoms with E-state index in [0.717, 1.165) is 18.5 Å².